The lowest BCUT2D eigenvalue weighted by Gasteiger charge is -2.09. The molecule has 0 radical (unpaired) electrons. The lowest BCUT2D eigenvalue weighted by Crippen LogP contribution is -1.93. The van der Waals surface area contributed by atoms with E-state index in [0.29, 0.717) is 5.92 Å². The molecule has 0 aromatic carbocycles. The Morgan fingerprint density at radius 3 is 2.36 bits per heavy atom. The molecule has 1 aromatic heterocycles. The minimum atomic E-state index is 0.477. The van der Waals surface area contributed by atoms with E-state index in [1.54, 1.807) is 6.20 Å². The molecule has 1 heterocycles. The highest BCUT2D eigenvalue weighted by molar-refractivity contribution is 6.31. The van der Waals surface area contributed by atoms with E-state index in [1.807, 2.05) is 13.1 Å². The largest absolute Gasteiger partial charge is 0.263 e. The number of hydrogen-bond acceptors (Lipinski definition) is 1. The fourth-order valence-electron chi connectivity index (χ4n) is 1.27. The molecule has 1 rings (SSSR count). The van der Waals surface area contributed by atoms with E-state index < -0.39 is 0 Å². The van der Waals surface area contributed by atoms with Crippen molar-refractivity contribution in [3.05, 3.63) is 28.5 Å². The zero-order valence-corrected chi connectivity index (χ0v) is 7.81. The molecule has 0 saturated carbocycles. The van der Waals surface area contributed by atoms with E-state index in [9.17, 15) is 0 Å². The average molecular weight is 170 g/mol. The molecule has 2 heteroatoms. The molecule has 0 saturated heterocycles. The van der Waals surface area contributed by atoms with Gasteiger partial charge in [-0.1, -0.05) is 25.4 Å². The van der Waals surface area contributed by atoms with Crippen LogP contribution in [0.3, 0.4) is 0 Å². The Morgan fingerprint density at radius 1 is 1.36 bits per heavy atom. The molecule has 11 heavy (non-hydrogen) atoms. The van der Waals surface area contributed by atoms with Gasteiger partial charge in [-0.15, -0.1) is 0 Å². The van der Waals surface area contributed by atoms with Gasteiger partial charge in [-0.2, -0.15) is 0 Å². The molecule has 0 atom stereocenters. The maximum atomic E-state index is 5.96. The van der Waals surface area contributed by atoms with E-state index in [2.05, 4.69) is 18.8 Å². The summed E-state index contributed by atoms with van der Waals surface area (Å²) in [4.78, 5) is 3.99. The molecule has 0 aliphatic rings. The van der Waals surface area contributed by atoms with Crippen molar-refractivity contribution >= 4 is 11.6 Å². The average Bonchev–Trinajstić information content (AvgIpc) is 1.85. The highest BCUT2D eigenvalue weighted by Crippen LogP contribution is 2.25. The van der Waals surface area contributed by atoms with E-state index in [1.165, 1.54) is 11.1 Å². The summed E-state index contributed by atoms with van der Waals surface area (Å²) in [5, 5.41) is 0.778. The molecule has 0 fully saturated rings. The quantitative estimate of drug-likeness (QED) is 0.630. The first kappa shape index (κ1) is 8.54. The summed E-state index contributed by atoms with van der Waals surface area (Å²) in [7, 11) is 0. The van der Waals surface area contributed by atoms with Crippen LogP contribution in [0.1, 0.15) is 30.9 Å². The van der Waals surface area contributed by atoms with E-state index in [-0.39, 0.29) is 0 Å². The van der Waals surface area contributed by atoms with Crippen molar-refractivity contribution in [3.63, 3.8) is 0 Å². The number of hydrogen-bond donors (Lipinski definition) is 0. The molecule has 0 N–H and O–H groups in total. The van der Waals surface area contributed by atoms with Gasteiger partial charge in [-0.25, -0.2) is 0 Å². The monoisotopic (exact) mass is 169 g/mol. The smallest absolute Gasteiger partial charge is 0.0626 e. The van der Waals surface area contributed by atoms with Gasteiger partial charge in [-0.05, 0) is 24.0 Å². The first-order valence-corrected chi connectivity index (χ1v) is 4.10. The van der Waals surface area contributed by atoms with Crippen LogP contribution < -0.4 is 0 Å². The number of pyridine rings is 1. The third kappa shape index (κ3) is 1.72. The lowest BCUT2D eigenvalue weighted by molar-refractivity contribution is 0.852. The normalized spacial score (nSPS) is 10.6. The van der Waals surface area contributed by atoms with Crippen LogP contribution in [-0.4, -0.2) is 4.98 Å². The van der Waals surface area contributed by atoms with Crippen LogP contribution in [0.4, 0.5) is 0 Å². The number of nitrogens with zero attached hydrogens (tertiary/aromatic N) is 1. The van der Waals surface area contributed by atoms with Crippen molar-refractivity contribution in [1.29, 1.82) is 0 Å². The Bertz CT molecular complexity index is 235. The predicted molar refractivity (Wildman–Crippen MR) is 48.1 cm³/mol. The van der Waals surface area contributed by atoms with Crippen molar-refractivity contribution in [2.75, 3.05) is 0 Å². The molecule has 0 unspecified atom stereocenters. The molecule has 0 aliphatic carbocycles. The van der Waals surface area contributed by atoms with E-state index >= 15 is 0 Å². The van der Waals surface area contributed by atoms with Crippen LogP contribution in [0.15, 0.2) is 12.4 Å². The predicted octanol–water partition coefficient (Wildman–Crippen LogP) is 3.17. The zero-order chi connectivity index (χ0) is 8.43. The van der Waals surface area contributed by atoms with Gasteiger partial charge in [0.25, 0.3) is 0 Å². The third-order valence-corrected chi connectivity index (χ3v) is 2.02. The highest BCUT2D eigenvalue weighted by atomic mass is 35.5. The minimum Gasteiger partial charge on any atom is -0.263 e. The topological polar surface area (TPSA) is 12.9 Å². The van der Waals surface area contributed by atoms with Crippen molar-refractivity contribution in [3.8, 4) is 0 Å². The molecule has 60 valence electrons. The van der Waals surface area contributed by atoms with Gasteiger partial charge in [0.05, 0.1) is 5.02 Å². The van der Waals surface area contributed by atoms with Crippen LogP contribution in [0, 0.1) is 6.92 Å². The minimum absolute atomic E-state index is 0.477. The fourth-order valence-corrected chi connectivity index (χ4v) is 1.70. The first-order chi connectivity index (χ1) is 5.13. The Kier molecular flexibility index (Phi) is 2.50. The van der Waals surface area contributed by atoms with Crippen molar-refractivity contribution in [2.24, 2.45) is 0 Å². The summed E-state index contributed by atoms with van der Waals surface area (Å²) in [5.74, 6) is 0.477. The first-order valence-electron chi connectivity index (χ1n) is 3.73. The molecule has 0 amide bonds. The lowest BCUT2D eigenvalue weighted by atomic mass is 10.0. The number of aromatic nitrogens is 1. The molecule has 0 spiro atoms. The van der Waals surface area contributed by atoms with Crippen molar-refractivity contribution < 1.29 is 0 Å². The second-order valence-electron chi connectivity index (χ2n) is 3.01. The Balaban J connectivity index is 3.21. The van der Waals surface area contributed by atoms with Gasteiger partial charge in [0.1, 0.15) is 0 Å². The SMILES string of the molecule is Cc1cncc(Cl)c1C(C)C. The molecule has 0 aliphatic heterocycles. The van der Waals surface area contributed by atoms with Crippen LogP contribution in [0.2, 0.25) is 5.02 Å². The Morgan fingerprint density at radius 2 is 2.00 bits per heavy atom. The van der Waals surface area contributed by atoms with Crippen molar-refractivity contribution in [2.45, 2.75) is 26.7 Å². The summed E-state index contributed by atoms with van der Waals surface area (Å²) in [6.07, 6.45) is 3.55. The molecular formula is C9H12ClN. The summed E-state index contributed by atoms with van der Waals surface area (Å²) in [6, 6.07) is 0. The highest BCUT2D eigenvalue weighted by Gasteiger charge is 2.07. The van der Waals surface area contributed by atoms with Gasteiger partial charge in [-0.3, -0.25) is 4.98 Å². The standard InChI is InChI=1S/C9H12ClN/c1-6(2)9-7(3)4-11-5-8(9)10/h4-6H,1-3H3. The maximum Gasteiger partial charge on any atom is 0.0626 e. The van der Waals surface area contributed by atoms with Gasteiger partial charge < -0.3 is 0 Å². The summed E-state index contributed by atoms with van der Waals surface area (Å²) >= 11 is 5.96. The van der Waals surface area contributed by atoms with E-state index in [4.69, 9.17) is 11.6 Å². The third-order valence-electron chi connectivity index (χ3n) is 1.72. The Hall–Kier alpha value is -0.560. The molecule has 0 bridgehead atoms. The number of halogens is 1. The van der Waals surface area contributed by atoms with Crippen LogP contribution in [0.25, 0.3) is 0 Å². The summed E-state index contributed by atoms with van der Waals surface area (Å²) in [5.41, 5.74) is 2.38. The van der Waals surface area contributed by atoms with Gasteiger partial charge in [0, 0.05) is 12.4 Å². The second-order valence-corrected chi connectivity index (χ2v) is 3.41. The maximum absolute atomic E-state index is 5.96. The molecule has 1 aromatic rings. The summed E-state index contributed by atoms with van der Waals surface area (Å²) < 4.78 is 0. The van der Waals surface area contributed by atoms with Crippen molar-refractivity contribution in [1.82, 2.24) is 4.98 Å². The van der Waals surface area contributed by atoms with Gasteiger partial charge in [0.2, 0.25) is 0 Å². The molecule has 1 nitrogen and oxygen atoms in total. The fraction of sp³-hybridized carbons (Fsp3) is 0.444. The number of rotatable bonds is 1. The Labute approximate surface area is 72.4 Å². The van der Waals surface area contributed by atoms with Crippen LogP contribution >= 0.6 is 11.6 Å². The zero-order valence-electron chi connectivity index (χ0n) is 7.06. The second kappa shape index (κ2) is 3.22. The number of aryl methyl sites for hydroxylation is 1. The van der Waals surface area contributed by atoms with Crippen LogP contribution in [-0.2, 0) is 0 Å². The van der Waals surface area contributed by atoms with Gasteiger partial charge >= 0.3 is 0 Å². The van der Waals surface area contributed by atoms with Gasteiger partial charge in [0.15, 0.2) is 0 Å². The van der Waals surface area contributed by atoms with Crippen LogP contribution in [0.5, 0.6) is 0 Å². The van der Waals surface area contributed by atoms with E-state index in [0.717, 1.165) is 5.02 Å². The molecular weight excluding hydrogens is 158 g/mol. The summed E-state index contributed by atoms with van der Waals surface area (Å²) in [6.45, 7) is 6.30.